The standard InChI is InChI=1S/C21H29NO4/c1-26-18-8-9-19-16(12-18)5-2-6-17(19)13-20(23)22-11-3-4-15(14-22)7-10-21(24)25/h8-9,12,15,17H,2-7,10-11,13-14H2,1H3,(H,24,25)/t15-,17+/m1/s1. The van der Waals surface area contributed by atoms with Crippen LogP contribution in [0.2, 0.25) is 0 Å². The van der Waals surface area contributed by atoms with Crippen molar-refractivity contribution in [1.82, 2.24) is 4.90 Å². The first-order valence-corrected chi connectivity index (χ1v) is 9.73. The third-order valence-electron chi connectivity index (χ3n) is 5.85. The van der Waals surface area contributed by atoms with Crippen LogP contribution in [-0.4, -0.2) is 42.1 Å². The largest absolute Gasteiger partial charge is 0.497 e. The Hall–Kier alpha value is -2.04. The van der Waals surface area contributed by atoms with Crippen LogP contribution in [0.1, 0.15) is 62.0 Å². The molecule has 0 unspecified atom stereocenters. The minimum atomic E-state index is -0.748. The van der Waals surface area contributed by atoms with Gasteiger partial charge in [-0.2, -0.15) is 0 Å². The molecule has 1 saturated heterocycles. The summed E-state index contributed by atoms with van der Waals surface area (Å²) < 4.78 is 5.33. The number of aliphatic carboxylic acids is 1. The molecule has 5 nitrogen and oxygen atoms in total. The number of nitrogens with zero attached hydrogens (tertiary/aromatic N) is 1. The Morgan fingerprint density at radius 2 is 2.12 bits per heavy atom. The van der Waals surface area contributed by atoms with E-state index < -0.39 is 5.97 Å². The summed E-state index contributed by atoms with van der Waals surface area (Å²) in [4.78, 5) is 25.6. The highest BCUT2D eigenvalue weighted by atomic mass is 16.5. The minimum absolute atomic E-state index is 0.199. The van der Waals surface area contributed by atoms with Crippen LogP contribution >= 0.6 is 0 Å². The van der Waals surface area contributed by atoms with Gasteiger partial charge in [0.25, 0.3) is 0 Å². The fraction of sp³-hybridized carbons (Fsp3) is 0.619. The second-order valence-corrected chi connectivity index (χ2v) is 7.64. The summed E-state index contributed by atoms with van der Waals surface area (Å²) in [6, 6.07) is 6.22. The molecule has 2 atom stereocenters. The van der Waals surface area contributed by atoms with Crippen molar-refractivity contribution in [3.63, 3.8) is 0 Å². The molecule has 3 rings (SSSR count). The van der Waals surface area contributed by atoms with Crippen molar-refractivity contribution in [2.75, 3.05) is 20.2 Å². The van der Waals surface area contributed by atoms with Crippen molar-refractivity contribution in [3.05, 3.63) is 29.3 Å². The van der Waals surface area contributed by atoms with Gasteiger partial charge in [0.15, 0.2) is 0 Å². The van der Waals surface area contributed by atoms with Gasteiger partial charge in [0.1, 0.15) is 5.75 Å². The predicted molar refractivity (Wildman–Crippen MR) is 99.5 cm³/mol. The fourth-order valence-electron chi connectivity index (χ4n) is 4.42. The van der Waals surface area contributed by atoms with Gasteiger partial charge in [0.05, 0.1) is 7.11 Å². The van der Waals surface area contributed by atoms with Crippen LogP contribution < -0.4 is 4.74 Å². The normalized spacial score (nSPS) is 22.6. The van der Waals surface area contributed by atoms with Gasteiger partial charge in [0.2, 0.25) is 5.91 Å². The topological polar surface area (TPSA) is 66.8 Å². The molecule has 1 aliphatic carbocycles. The van der Waals surface area contributed by atoms with Gasteiger partial charge in [-0.3, -0.25) is 9.59 Å². The maximum atomic E-state index is 12.9. The molecule has 1 N–H and O–H groups in total. The van der Waals surface area contributed by atoms with E-state index >= 15 is 0 Å². The molecular formula is C21H29NO4. The zero-order chi connectivity index (χ0) is 18.5. The van der Waals surface area contributed by atoms with Crippen LogP contribution in [0.4, 0.5) is 0 Å². The lowest BCUT2D eigenvalue weighted by atomic mass is 9.80. The van der Waals surface area contributed by atoms with Gasteiger partial charge in [-0.25, -0.2) is 0 Å². The molecule has 0 radical (unpaired) electrons. The van der Waals surface area contributed by atoms with Crippen molar-refractivity contribution in [2.45, 2.75) is 57.3 Å². The average Bonchev–Trinajstić information content (AvgIpc) is 2.66. The number of carbonyl (C=O) groups is 2. The number of hydrogen-bond donors (Lipinski definition) is 1. The van der Waals surface area contributed by atoms with Crippen LogP contribution in [0.25, 0.3) is 0 Å². The highest BCUT2D eigenvalue weighted by Crippen LogP contribution is 2.36. The van der Waals surface area contributed by atoms with Crippen LogP contribution in [0.3, 0.4) is 0 Å². The van der Waals surface area contributed by atoms with E-state index in [1.54, 1.807) is 7.11 Å². The first kappa shape index (κ1) is 18.7. The Balaban J connectivity index is 1.61. The lowest BCUT2D eigenvalue weighted by Gasteiger charge is -2.34. The van der Waals surface area contributed by atoms with Gasteiger partial charge >= 0.3 is 5.97 Å². The van der Waals surface area contributed by atoms with E-state index in [-0.39, 0.29) is 18.2 Å². The van der Waals surface area contributed by atoms with Gasteiger partial charge < -0.3 is 14.7 Å². The SMILES string of the molecule is COc1ccc2c(c1)CCC[C@H]2CC(=O)N1CCC[C@H](CCC(=O)O)C1. The summed E-state index contributed by atoms with van der Waals surface area (Å²) >= 11 is 0. The summed E-state index contributed by atoms with van der Waals surface area (Å²) in [5.74, 6) is 0.970. The summed E-state index contributed by atoms with van der Waals surface area (Å²) in [7, 11) is 1.68. The Kier molecular flexibility index (Phi) is 6.17. The summed E-state index contributed by atoms with van der Waals surface area (Å²) in [6.45, 7) is 1.53. The Labute approximate surface area is 155 Å². The van der Waals surface area contributed by atoms with Crippen molar-refractivity contribution >= 4 is 11.9 Å². The highest BCUT2D eigenvalue weighted by molar-refractivity contribution is 5.77. The monoisotopic (exact) mass is 359 g/mol. The summed E-state index contributed by atoms with van der Waals surface area (Å²) in [6.07, 6.45) is 6.66. The molecule has 1 aromatic rings. The van der Waals surface area contributed by atoms with E-state index in [1.807, 2.05) is 11.0 Å². The quantitative estimate of drug-likeness (QED) is 0.842. The summed E-state index contributed by atoms with van der Waals surface area (Å²) in [5.41, 5.74) is 2.61. The molecular weight excluding hydrogens is 330 g/mol. The smallest absolute Gasteiger partial charge is 0.303 e. The maximum Gasteiger partial charge on any atom is 0.303 e. The van der Waals surface area contributed by atoms with Gasteiger partial charge in [-0.1, -0.05) is 6.07 Å². The number of amides is 1. The molecule has 1 aliphatic heterocycles. The highest BCUT2D eigenvalue weighted by Gasteiger charge is 2.28. The molecule has 1 amide bonds. The predicted octanol–water partition coefficient (Wildman–Crippen LogP) is 3.61. The zero-order valence-electron chi connectivity index (χ0n) is 15.6. The van der Waals surface area contributed by atoms with Crippen molar-refractivity contribution in [2.24, 2.45) is 5.92 Å². The molecule has 2 aliphatic rings. The molecule has 1 aromatic carbocycles. The number of carbonyl (C=O) groups excluding carboxylic acids is 1. The van der Waals surface area contributed by atoms with E-state index in [9.17, 15) is 9.59 Å². The number of aryl methyl sites for hydroxylation is 1. The van der Waals surface area contributed by atoms with Gasteiger partial charge in [-0.15, -0.1) is 0 Å². The molecule has 0 saturated carbocycles. The Morgan fingerprint density at radius 1 is 1.27 bits per heavy atom. The number of carboxylic acid groups (broad SMARTS) is 1. The molecule has 1 fully saturated rings. The fourth-order valence-corrected chi connectivity index (χ4v) is 4.42. The minimum Gasteiger partial charge on any atom is -0.497 e. The Bertz CT molecular complexity index is 657. The lowest BCUT2D eigenvalue weighted by Crippen LogP contribution is -2.40. The number of ether oxygens (including phenoxy) is 1. The number of benzene rings is 1. The average molecular weight is 359 g/mol. The number of fused-ring (bicyclic) bond motifs is 1. The van der Waals surface area contributed by atoms with Gasteiger partial charge in [0, 0.05) is 25.9 Å². The van der Waals surface area contributed by atoms with Crippen LogP contribution in [0.15, 0.2) is 18.2 Å². The molecule has 26 heavy (non-hydrogen) atoms. The zero-order valence-corrected chi connectivity index (χ0v) is 15.6. The van der Waals surface area contributed by atoms with Crippen molar-refractivity contribution < 1.29 is 19.4 Å². The van der Waals surface area contributed by atoms with Crippen molar-refractivity contribution in [1.29, 1.82) is 0 Å². The van der Waals surface area contributed by atoms with Crippen molar-refractivity contribution in [3.8, 4) is 5.75 Å². The molecule has 1 heterocycles. The second-order valence-electron chi connectivity index (χ2n) is 7.64. The van der Waals surface area contributed by atoms with Crippen LogP contribution in [0, 0.1) is 5.92 Å². The molecule has 0 aromatic heterocycles. The summed E-state index contributed by atoms with van der Waals surface area (Å²) in [5, 5.41) is 8.88. The van der Waals surface area contributed by atoms with Crippen LogP contribution in [-0.2, 0) is 16.0 Å². The molecule has 142 valence electrons. The second kappa shape index (κ2) is 8.56. The molecule has 0 spiro atoms. The lowest BCUT2D eigenvalue weighted by molar-refractivity contribution is -0.137. The van der Waals surface area contributed by atoms with E-state index in [1.165, 1.54) is 11.1 Å². The van der Waals surface area contributed by atoms with E-state index in [0.29, 0.717) is 25.3 Å². The first-order valence-electron chi connectivity index (χ1n) is 9.73. The number of piperidine rings is 1. The molecule has 0 bridgehead atoms. The van der Waals surface area contributed by atoms with E-state index in [2.05, 4.69) is 12.1 Å². The maximum absolute atomic E-state index is 12.9. The molecule has 5 heteroatoms. The number of hydrogen-bond acceptors (Lipinski definition) is 3. The van der Waals surface area contributed by atoms with E-state index in [0.717, 1.165) is 44.4 Å². The van der Waals surface area contributed by atoms with E-state index in [4.69, 9.17) is 9.84 Å². The number of likely N-dealkylation sites (tertiary alicyclic amines) is 1. The Morgan fingerprint density at radius 3 is 2.88 bits per heavy atom. The van der Waals surface area contributed by atoms with Gasteiger partial charge in [-0.05, 0) is 73.6 Å². The number of carboxylic acids is 1. The van der Waals surface area contributed by atoms with Crippen LogP contribution in [0.5, 0.6) is 5.75 Å². The number of rotatable bonds is 6. The third kappa shape index (κ3) is 4.57. The number of methoxy groups -OCH3 is 1. The first-order chi connectivity index (χ1) is 12.6. The third-order valence-corrected chi connectivity index (χ3v) is 5.85.